The smallest absolute Gasteiger partial charge is 0.333 e. The van der Waals surface area contributed by atoms with Gasteiger partial charge in [-0.2, -0.15) is 0 Å². The van der Waals surface area contributed by atoms with E-state index in [1.807, 2.05) is 42.5 Å². The van der Waals surface area contributed by atoms with E-state index in [-0.39, 0.29) is 5.69 Å². The molecule has 0 unspecified atom stereocenters. The fourth-order valence-corrected chi connectivity index (χ4v) is 3.14. The lowest BCUT2D eigenvalue weighted by Gasteiger charge is -1.97. The Morgan fingerprint density at radius 2 is 2.00 bits per heavy atom. The van der Waals surface area contributed by atoms with Crippen LogP contribution in [0.1, 0.15) is 0 Å². The quantitative estimate of drug-likeness (QED) is 0.587. The van der Waals surface area contributed by atoms with Crippen LogP contribution in [0.2, 0.25) is 0 Å². The van der Waals surface area contributed by atoms with Crippen molar-refractivity contribution in [1.29, 1.82) is 0 Å². The van der Waals surface area contributed by atoms with Gasteiger partial charge in [-0.25, -0.2) is 14.5 Å². The molecule has 0 saturated carbocycles. The molecule has 0 radical (unpaired) electrons. The summed E-state index contributed by atoms with van der Waals surface area (Å²) in [6.45, 7) is 0.544. The van der Waals surface area contributed by atoms with Crippen molar-refractivity contribution in [3.05, 3.63) is 59.1 Å². The first-order valence-electron chi connectivity index (χ1n) is 6.93. The Morgan fingerprint density at radius 3 is 2.86 bits per heavy atom. The van der Waals surface area contributed by atoms with E-state index >= 15 is 0 Å². The molecule has 0 aliphatic heterocycles. The van der Waals surface area contributed by atoms with Crippen LogP contribution in [-0.2, 0) is 6.54 Å². The first-order valence-corrected chi connectivity index (χ1v) is 7.91. The van der Waals surface area contributed by atoms with Gasteiger partial charge in [-0.1, -0.05) is 30.0 Å². The van der Waals surface area contributed by atoms with Crippen molar-refractivity contribution >= 4 is 28.4 Å². The van der Waals surface area contributed by atoms with Gasteiger partial charge in [0.1, 0.15) is 0 Å². The predicted octanol–water partition coefficient (Wildman–Crippen LogP) is 2.16. The molecule has 1 N–H and O–H groups in total. The third kappa shape index (κ3) is 2.29. The molecule has 0 fully saturated rings. The van der Waals surface area contributed by atoms with Crippen LogP contribution in [0.5, 0.6) is 0 Å². The molecule has 0 amide bonds. The second-order valence-electron chi connectivity index (χ2n) is 4.84. The lowest BCUT2D eigenvalue weighted by Crippen LogP contribution is -2.21. The van der Waals surface area contributed by atoms with E-state index in [1.165, 1.54) is 4.68 Å². The normalized spacial score (nSPS) is 11.5. The van der Waals surface area contributed by atoms with Crippen LogP contribution >= 0.6 is 11.8 Å². The molecule has 1 aromatic carbocycles. The number of aromatic amines is 1. The number of H-pyrrole nitrogens is 1. The summed E-state index contributed by atoms with van der Waals surface area (Å²) in [5.74, 6) is 0.726. The summed E-state index contributed by atoms with van der Waals surface area (Å²) in [6.07, 6.45) is 1.73. The molecule has 0 atom stereocenters. The van der Waals surface area contributed by atoms with Gasteiger partial charge in [-0.05, 0) is 24.3 Å². The molecule has 7 heteroatoms. The maximum absolute atomic E-state index is 12.1. The fourth-order valence-electron chi connectivity index (χ4n) is 2.34. The maximum Gasteiger partial charge on any atom is 0.350 e. The second-order valence-corrected chi connectivity index (χ2v) is 5.93. The highest BCUT2D eigenvalue weighted by atomic mass is 32.2. The number of aryl methyl sites for hydroxylation is 1. The van der Waals surface area contributed by atoms with Gasteiger partial charge in [0.05, 0.1) is 17.6 Å². The fraction of sp³-hybridized carbons (Fsp3) is 0.133. The number of aromatic nitrogens is 5. The highest BCUT2D eigenvalue weighted by Crippen LogP contribution is 2.19. The summed E-state index contributed by atoms with van der Waals surface area (Å²) in [5.41, 5.74) is 2.53. The predicted molar refractivity (Wildman–Crippen MR) is 86.3 cm³/mol. The summed E-state index contributed by atoms with van der Waals surface area (Å²) < 4.78 is 3.04. The lowest BCUT2D eigenvalue weighted by atomic mass is 10.3. The number of benzene rings is 1. The lowest BCUT2D eigenvalue weighted by molar-refractivity contribution is 0.639. The summed E-state index contributed by atoms with van der Waals surface area (Å²) >= 11 is 1.58. The topological polar surface area (TPSA) is 68.0 Å². The Bertz CT molecular complexity index is 967. The summed E-state index contributed by atoms with van der Waals surface area (Å²) in [5, 5.41) is 5.17. The number of thioether (sulfide) groups is 1. The van der Waals surface area contributed by atoms with Gasteiger partial charge in [0.2, 0.25) is 0 Å². The number of pyridine rings is 1. The van der Waals surface area contributed by atoms with E-state index in [4.69, 9.17) is 0 Å². The molecule has 0 bridgehead atoms. The van der Waals surface area contributed by atoms with Crippen molar-refractivity contribution in [1.82, 2.24) is 24.1 Å². The molecule has 22 heavy (non-hydrogen) atoms. The zero-order valence-corrected chi connectivity index (χ0v) is 12.5. The molecule has 0 aliphatic carbocycles. The number of nitrogens with one attached hydrogen (secondary N) is 1. The van der Waals surface area contributed by atoms with Crippen LogP contribution in [0, 0.1) is 0 Å². The van der Waals surface area contributed by atoms with Crippen molar-refractivity contribution in [2.45, 2.75) is 11.7 Å². The molecular weight excluding hydrogens is 298 g/mol. The van der Waals surface area contributed by atoms with Gasteiger partial charge in [0, 0.05) is 11.9 Å². The van der Waals surface area contributed by atoms with Crippen molar-refractivity contribution in [2.75, 3.05) is 5.75 Å². The summed E-state index contributed by atoms with van der Waals surface area (Å²) in [4.78, 5) is 19.9. The summed E-state index contributed by atoms with van der Waals surface area (Å²) in [7, 11) is 0. The molecule has 0 saturated heterocycles. The molecule has 3 heterocycles. The number of nitrogens with zero attached hydrogens (tertiary/aromatic N) is 4. The summed E-state index contributed by atoms with van der Waals surface area (Å²) in [6, 6.07) is 13.4. The Labute approximate surface area is 129 Å². The van der Waals surface area contributed by atoms with Crippen molar-refractivity contribution in [3.63, 3.8) is 0 Å². The monoisotopic (exact) mass is 311 g/mol. The van der Waals surface area contributed by atoms with Gasteiger partial charge >= 0.3 is 5.69 Å². The number of para-hydroxylation sites is 2. The van der Waals surface area contributed by atoms with E-state index in [0.29, 0.717) is 12.2 Å². The van der Waals surface area contributed by atoms with Crippen molar-refractivity contribution < 1.29 is 0 Å². The van der Waals surface area contributed by atoms with Gasteiger partial charge in [-0.3, -0.25) is 4.40 Å². The molecule has 4 aromatic rings. The highest BCUT2D eigenvalue weighted by molar-refractivity contribution is 7.99. The Hall–Kier alpha value is -2.54. The van der Waals surface area contributed by atoms with Gasteiger partial charge in [0.15, 0.2) is 10.8 Å². The zero-order chi connectivity index (χ0) is 14.9. The first kappa shape index (κ1) is 13.1. The second kappa shape index (κ2) is 5.34. The van der Waals surface area contributed by atoms with Crippen LogP contribution in [0.25, 0.3) is 16.7 Å². The number of rotatable bonds is 4. The number of hydrogen-bond acceptors (Lipinski definition) is 4. The third-order valence-corrected chi connectivity index (χ3v) is 4.25. The molecule has 110 valence electrons. The molecule has 4 rings (SSSR count). The first-order chi connectivity index (χ1) is 10.8. The Morgan fingerprint density at radius 1 is 1.14 bits per heavy atom. The van der Waals surface area contributed by atoms with Crippen LogP contribution in [-0.4, -0.2) is 29.9 Å². The number of hydrogen-bond donors (Lipinski definition) is 1. The average Bonchev–Trinajstić information content (AvgIpc) is 3.09. The molecular formula is C15H13N5OS. The minimum atomic E-state index is -0.110. The minimum absolute atomic E-state index is 0.110. The van der Waals surface area contributed by atoms with E-state index < -0.39 is 0 Å². The maximum atomic E-state index is 12.1. The Kier molecular flexibility index (Phi) is 3.19. The number of fused-ring (bicyclic) bond motifs is 2. The molecule has 0 spiro atoms. The largest absolute Gasteiger partial charge is 0.350 e. The molecule has 3 aromatic heterocycles. The average molecular weight is 311 g/mol. The van der Waals surface area contributed by atoms with Crippen molar-refractivity contribution in [2.24, 2.45) is 0 Å². The SMILES string of the molecule is O=c1n(CCSc2nc3ccccc3[nH]2)nc2ccccn12. The zero-order valence-electron chi connectivity index (χ0n) is 11.6. The van der Waals surface area contributed by atoms with Gasteiger partial charge in [-0.15, -0.1) is 5.10 Å². The van der Waals surface area contributed by atoms with Crippen molar-refractivity contribution in [3.8, 4) is 0 Å². The highest BCUT2D eigenvalue weighted by Gasteiger charge is 2.07. The van der Waals surface area contributed by atoms with Gasteiger partial charge < -0.3 is 4.98 Å². The Balaban J connectivity index is 1.50. The minimum Gasteiger partial charge on any atom is -0.333 e. The van der Waals surface area contributed by atoms with Crippen LogP contribution in [0.4, 0.5) is 0 Å². The van der Waals surface area contributed by atoms with Gasteiger partial charge in [0.25, 0.3) is 0 Å². The van der Waals surface area contributed by atoms with E-state index in [1.54, 1.807) is 22.4 Å². The number of imidazole rings is 1. The van der Waals surface area contributed by atoms with E-state index in [0.717, 1.165) is 21.9 Å². The van der Waals surface area contributed by atoms with Crippen LogP contribution in [0.15, 0.2) is 58.6 Å². The van der Waals surface area contributed by atoms with Crippen LogP contribution in [0.3, 0.4) is 0 Å². The van der Waals surface area contributed by atoms with E-state index in [2.05, 4.69) is 15.1 Å². The third-order valence-electron chi connectivity index (χ3n) is 3.40. The van der Waals surface area contributed by atoms with Crippen LogP contribution < -0.4 is 5.69 Å². The molecule has 0 aliphatic rings. The standard InChI is InChI=1S/C15H13N5OS/c21-15-19-8-4-3-7-13(19)18-20(15)9-10-22-14-16-11-5-1-2-6-12(11)17-14/h1-8H,9-10H2,(H,16,17). The van der Waals surface area contributed by atoms with E-state index in [9.17, 15) is 4.79 Å². The molecule has 6 nitrogen and oxygen atoms in total.